The number of nitrogens with one attached hydrogen (secondary N) is 2. The first-order valence-electron chi connectivity index (χ1n) is 11.9. The van der Waals surface area contributed by atoms with Crippen molar-refractivity contribution in [2.45, 2.75) is 31.8 Å². The molecular weight excluding hydrogens is 469 g/mol. The molecule has 184 valence electrons. The molecule has 2 N–H and O–H groups in total. The Kier molecular flexibility index (Phi) is 5.50. The van der Waals surface area contributed by atoms with Crippen molar-refractivity contribution in [3.05, 3.63) is 78.3 Å². The third-order valence-corrected chi connectivity index (χ3v) is 7.04. The van der Waals surface area contributed by atoms with Crippen molar-refractivity contribution in [3.8, 4) is 22.4 Å². The fourth-order valence-electron chi connectivity index (χ4n) is 4.96. The minimum Gasteiger partial charge on any atom is -0.335 e. The first-order valence-corrected chi connectivity index (χ1v) is 11.9. The molecule has 1 saturated carbocycles. The summed E-state index contributed by atoms with van der Waals surface area (Å²) in [6, 6.07) is 5.53. The minimum atomic E-state index is -0.776. The molecule has 2 aromatic carbocycles. The molecule has 1 aliphatic carbocycles. The topological polar surface area (TPSA) is 76.8 Å². The molecule has 0 radical (unpaired) electrons. The molecule has 0 saturated heterocycles. The maximum atomic E-state index is 14.9. The quantitative estimate of drug-likeness (QED) is 0.381. The van der Waals surface area contributed by atoms with Crippen LogP contribution in [0.1, 0.15) is 30.9 Å². The zero-order valence-corrected chi connectivity index (χ0v) is 19.2. The number of urea groups is 1. The maximum absolute atomic E-state index is 14.9. The molecule has 0 bridgehead atoms. The van der Waals surface area contributed by atoms with Gasteiger partial charge in [0.15, 0.2) is 0 Å². The molecule has 2 aliphatic rings. The molecule has 2 aromatic heterocycles. The Labute approximate surface area is 205 Å². The van der Waals surface area contributed by atoms with Gasteiger partial charge in [-0.15, -0.1) is 0 Å². The lowest BCUT2D eigenvalue weighted by Crippen LogP contribution is -2.34. The third-order valence-electron chi connectivity index (χ3n) is 7.04. The van der Waals surface area contributed by atoms with Gasteiger partial charge < -0.3 is 15.2 Å². The maximum Gasteiger partial charge on any atom is 0.319 e. The van der Waals surface area contributed by atoms with E-state index in [9.17, 15) is 18.0 Å². The summed E-state index contributed by atoms with van der Waals surface area (Å²) < 4.78 is 47.7. The van der Waals surface area contributed by atoms with Gasteiger partial charge in [0.2, 0.25) is 0 Å². The van der Waals surface area contributed by atoms with Gasteiger partial charge >= 0.3 is 6.03 Å². The molecule has 1 fully saturated rings. The predicted octanol–water partition coefficient (Wildman–Crippen LogP) is 5.36. The lowest BCUT2D eigenvalue weighted by molar-refractivity contribution is 0.251. The molecular formula is C26H23F3N6O. The van der Waals surface area contributed by atoms with Gasteiger partial charge in [-0.2, -0.15) is 5.10 Å². The van der Waals surface area contributed by atoms with Gasteiger partial charge in [0.05, 0.1) is 36.1 Å². The number of aromatic nitrogens is 4. The van der Waals surface area contributed by atoms with Gasteiger partial charge in [0.25, 0.3) is 0 Å². The van der Waals surface area contributed by atoms with Gasteiger partial charge in [-0.25, -0.2) is 22.9 Å². The van der Waals surface area contributed by atoms with Crippen molar-refractivity contribution in [1.29, 1.82) is 0 Å². The lowest BCUT2D eigenvalue weighted by atomic mass is 9.85. The number of rotatable bonds is 6. The van der Waals surface area contributed by atoms with Crippen LogP contribution in [0, 0.1) is 23.4 Å². The number of benzene rings is 2. The Balaban J connectivity index is 1.14. The number of hydrogen-bond acceptors (Lipinski definition) is 3. The van der Waals surface area contributed by atoms with E-state index in [1.54, 1.807) is 40.1 Å². The van der Waals surface area contributed by atoms with Crippen LogP contribution in [-0.2, 0) is 6.54 Å². The van der Waals surface area contributed by atoms with E-state index >= 15 is 0 Å². The van der Waals surface area contributed by atoms with Gasteiger partial charge in [-0.3, -0.25) is 4.68 Å². The van der Waals surface area contributed by atoms with Crippen molar-refractivity contribution in [1.82, 2.24) is 24.6 Å². The summed E-state index contributed by atoms with van der Waals surface area (Å²) in [5.41, 5.74) is 2.16. The van der Waals surface area contributed by atoms with Crippen LogP contribution in [0.4, 0.5) is 23.7 Å². The molecule has 2 amide bonds. The number of nitrogens with zero attached hydrogens (tertiary/aromatic N) is 4. The predicted molar refractivity (Wildman–Crippen MR) is 128 cm³/mol. The monoisotopic (exact) mass is 492 g/mol. The number of carbonyl (C=O) groups is 1. The number of imidazole rings is 1. The fraction of sp³-hybridized carbons (Fsp3) is 0.269. The molecule has 0 spiro atoms. The summed E-state index contributed by atoms with van der Waals surface area (Å²) in [5, 5.41) is 9.25. The van der Waals surface area contributed by atoms with Crippen LogP contribution in [-0.4, -0.2) is 31.9 Å². The smallest absolute Gasteiger partial charge is 0.319 e. The SMILES string of the molecule is O=C(NCC1c2c(F)cccc2-c2cncn21)Nc1cc(F)c(-c2cnn(CC3CCC3)c2)cc1F. The van der Waals surface area contributed by atoms with E-state index < -0.39 is 23.7 Å². The standard InChI is InChI=1S/C26H23F3N6O/c27-19-6-2-5-17-23-10-30-14-35(23)24(25(17)19)11-31-26(36)33-22-8-20(28)18(7-21(22)29)16-9-32-34(13-16)12-15-3-1-4-15/h2,5-10,13-15,24H,1,3-4,11-12H2,(H2,31,33,36). The highest BCUT2D eigenvalue weighted by molar-refractivity contribution is 5.90. The van der Waals surface area contributed by atoms with Crippen LogP contribution in [0.2, 0.25) is 0 Å². The first-order chi connectivity index (χ1) is 17.5. The lowest BCUT2D eigenvalue weighted by Gasteiger charge is -2.24. The third kappa shape index (κ3) is 3.92. The molecule has 1 atom stereocenters. The highest BCUT2D eigenvalue weighted by Gasteiger charge is 2.31. The second-order valence-corrected chi connectivity index (χ2v) is 9.30. The zero-order valence-electron chi connectivity index (χ0n) is 19.2. The Morgan fingerprint density at radius 2 is 1.92 bits per heavy atom. The van der Waals surface area contributed by atoms with E-state index in [0.29, 0.717) is 22.6 Å². The Bertz CT molecular complexity index is 1460. The summed E-state index contributed by atoms with van der Waals surface area (Å²) in [7, 11) is 0. The van der Waals surface area contributed by atoms with Crippen molar-refractivity contribution >= 4 is 11.7 Å². The second-order valence-electron chi connectivity index (χ2n) is 9.30. The fourth-order valence-corrected chi connectivity index (χ4v) is 4.96. The minimum absolute atomic E-state index is 0.0332. The Morgan fingerprint density at radius 3 is 2.72 bits per heavy atom. The molecule has 7 nitrogen and oxygen atoms in total. The second kappa shape index (κ2) is 8.85. The van der Waals surface area contributed by atoms with Gasteiger partial charge in [0.1, 0.15) is 17.5 Å². The van der Waals surface area contributed by atoms with E-state index in [2.05, 4.69) is 20.7 Å². The van der Waals surface area contributed by atoms with Crippen LogP contribution in [0.15, 0.2) is 55.2 Å². The van der Waals surface area contributed by atoms with Gasteiger partial charge in [-0.05, 0) is 30.9 Å². The highest BCUT2D eigenvalue weighted by Crippen LogP contribution is 2.40. The number of fused-ring (bicyclic) bond motifs is 3. The summed E-state index contributed by atoms with van der Waals surface area (Å²) in [4.78, 5) is 16.6. The number of amides is 2. The summed E-state index contributed by atoms with van der Waals surface area (Å²) >= 11 is 0. The molecule has 36 heavy (non-hydrogen) atoms. The van der Waals surface area contributed by atoms with Crippen LogP contribution in [0.5, 0.6) is 0 Å². The van der Waals surface area contributed by atoms with Crippen molar-refractivity contribution in [3.63, 3.8) is 0 Å². The van der Waals surface area contributed by atoms with E-state index in [1.165, 1.54) is 18.7 Å². The number of halogens is 3. The summed E-state index contributed by atoms with van der Waals surface area (Å²) in [6.07, 6.45) is 9.96. The summed E-state index contributed by atoms with van der Waals surface area (Å²) in [5.74, 6) is -1.26. The highest BCUT2D eigenvalue weighted by atomic mass is 19.1. The first kappa shape index (κ1) is 22.4. The van der Waals surface area contributed by atoms with Gasteiger partial charge in [0, 0.05) is 47.6 Å². The van der Waals surface area contributed by atoms with Crippen molar-refractivity contribution < 1.29 is 18.0 Å². The van der Waals surface area contributed by atoms with Gasteiger partial charge in [-0.1, -0.05) is 18.6 Å². The van der Waals surface area contributed by atoms with Crippen LogP contribution in [0.3, 0.4) is 0 Å². The van der Waals surface area contributed by atoms with Crippen molar-refractivity contribution in [2.24, 2.45) is 5.92 Å². The summed E-state index contributed by atoms with van der Waals surface area (Å²) in [6.45, 7) is 0.797. The Hall–Kier alpha value is -4.08. The van der Waals surface area contributed by atoms with E-state index in [1.807, 2.05) is 0 Å². The molecule has 1 unspecified atom stereocenters. The average Bonchev–Trinajstić information content (AvgIpc) is 3.54. The van der Waals surface area contributed by atoms with E-state index in [4.69, 9.17) is 0 Å². The molecule has 10 heteroatoms. The molecule has 1 aliphatic heterocycles. The number of hydrogen-bond donors (Lipinski definition) is 2. The number of carbonyl (C=O) groups excluding carboxylic acids is 1. The Morgan fingerprint density at radius 1 is 1.06 bits per heavy atom. The zero-order chi connectivity index (χ0) is 24.8. The number of anilines is 1. The normalized spacial score (nSPS) is 16.4. The van der Waals surface area contributed by atoms with E-state index in [-0.39, 0.29) is 23.6 Å². The van der Waals surface area contributed by atoms with Crippen LogP contribution < -0.4 is 10.6 Å². The van der Waals surface area contributed by atoms with Crippen molar-refractivity contribution in [2.75, 3.05) is 11.9 Å². The van der Waals surface area contributed by atoms with E-state index in [0.717, 1.165) is 37.2 Å². The largest absolute Gasteiger partial charge is 0.335 e. The van der Waals surface area contributed by atoms with Crippen LogP contribution >= 0.6 is 0 Å². The molecule has 4 aromatic rings. The average molecular weight is 493 g/mol. The van der Waals surface area contributed by atoms with Crippen LogP contribution in [0.25, 0.3) is 22.4 Å². The molecule has 3 heterocycles. The molecule has 6 rings (SSSR count).